The average molecular weight is 208 g/mol. The minimum Gasteiger partial charge on any atom is -0.476 e. The van der Waals surface area contributed by atoms with E-state index in [1.807, 2.05) is 30.3 Å². The zero-order valence-electron chi connectivity index (χ0n) is 8.53. The van der Waals surface area contributed by atoms with Gasteiger partial charge in [-0.15, -0.1) is 0 Å². The first kappa shape index (κ1) is 11.4. The summed E-state index contributed by atoms with van der Waals surface area (Å²) in [5, 5.41) is 8.42. The van der Waals surface area contributed by atoms with E-state index >= 15 is 0 Å². The number of aliphatic carboxylic acids is 1. The van der Waals surface area contributed by atoms with Crippen LogP contribution in [-0.2, 0) is 11.2 Å². The van der Waals surface area contributed by atoms with Gasteiger partial charge in [0.05, 0.1) is 0 Å². The van der Waals surface area contributed by atoms with Crippen molar-refractivity contribution >= 4 is 5.97 Å². The highest BCUT2D eigenvalue weighted by Crippen LogP contribution is 2.13. The van der Waals surface area contributed by atoms with Crippen molar-refractivity contribution in [3.8, 4) is 0 Å². The van der Waals surface area contributed by atoms with Gasteiger partial charge in [-0.2, -0.15) is 4.39 Å². The second-order valence-electron chi connectivity index (χ2n) is 3.39. The van der Waals surface area contributed by atoms with E-state index in [2.05, 4.69) is 0 Å². The lowest BCUT2D eigenvalue weighted by Gasteiger charge is -2.02. The molecule has 1 aromatic rings. The van der Waals surface area contributed by atoms with Gasteiger partial charge in [0.1, 0.15) is 0 Å². The lowest BCUT2D eigenvalue weighted by Crippen LogP contribution is -1.99. The largest absolute Gasteiger partial charge is 0.476 e. The zero-order valence-corrected chi connectivity index (χ0v) is 8.53. The molecular formula is C12H13FO2. The van der Waals surface area contributed by atoms with Gasteiger partial charge in [0.15, 0.2) is 0 Å². The third-order valence-electron chi connectivity index (χ3n) is 2.19. The molecule has 1 N–H and O–H groups in total. The summed E-state index contributed by atoms with van der Waals surface area (Å²) in [6.45, 7) is 1.51. The van der Waals surface area contributed by atoms with Gasteiger partial charge in [0, 0.05) is 0 Å². The van der Waals surface area contributed by atoms with E-state index in [0.29, 0.717) is 12.8 Å². The van der Waals surface area contributed by atoms with Crippen molar-refractivity contribution in [3.63, 3.8) is 0 Å². The van der Waals surface area contributed by atoms with Crippen molar-refractivity contribution in [3.05, 3.63) is 47.3 Å². The van der Waals surface area contributed by atoms with Gasteiger partial charge < -0.3 is 5.11 Å². The highest BCUT2D eigenvalue weighted by molar-refractivity contribution is 5.84. The molecule has 15 heavy (non-hydrogen) atoms. The van der Waals surface area contributed by atoms with Crippen molar-refractivity contribution in [2.75, 3.05) is 0 Å². The van der Waals surface area contributed by atoms with Crippen LogP contribution in [0.5, 0.6) is 0 Å². The Morgan fingerprint density at radius 2 is 1.93 bits per heavy atom. The fraction of sp³-hybridized carbons (Fsp3) is 0.250. The molecule has 0 unspecified atom stereocenters. The van der Waals surface area contributed by atoms with E-state index in [-0.39, 0.29) is 5.57 Å². The molecule has 3 heteroatoms. The lowest BCUT2D eigenvalue weighted by atomic mass is 10.1. The highest BCUT2D eigenvalue weighted by Gasteiger charge is 2.09. The average Bonchev–Trinajstić information content (AvgIpc) is 2.26. The van der Waals surface area contributed by atoms with Crippen LogP contribution in [0.2, 0.25) is 0 Å². The summed E-state index contributed by atoms with van der Waals surface area (Å²) in [6.07, 6.45) is 1.09. The second-order valence-corrected chi connectivity index (χ2v) is 3.39. The number of carboxylic acids is 1. The molecule has 0 heterocycles. The molecule has 0 fully saturated rings. The first-order valence-corrected chi connectivity index (χ1v) is 4.73. The van der Waals surface area contributed by atoms with Crippen LogP contribution in [0, 0.1) is 0 Å². The van der Waals surface area contributed by atoms with Gasteiger partial charge in [-0.1, -0.05) is 30.3 Å². The number of carbonyl (C=O) groups is 1. The fourth-order valence-corrected chi connectivity index (χ4v) is 1.27. The predicted octanol–water partition coefficient (Wildman–Crippen LogP) is 2.95. The van der Waals surface area contributed by atoms with E-state index < -0.39 is 11.8 Å². The Bertz CT molecular complexity index is 368. The molecule has 0 aliphatic carbocycles. The molecule has 0 spiro atoms. The molecule has 0 atom stereocenters. The number of hydrogen-bond donors (Lipinski definition) is 1. The van der Waals surface area contributed by atoms with Crippen molar-refractivity contribution in [2.45, 2.75) is 19.8 Å². The molecule has 0 aliphatic rings. The Kier molecular flexibility index (Phi) is 4.03. The minimum atomic E-state index is -1.49. The quantitative estimate of drug-likeness (QED) is 0.772. The van der Waals surface area contributed by atoms with Crippen LogP contribution in [-0.4, -0.2) is 11.1 Å². The van der Waals surface area contributed by atoms with E-state index in [1.54, 1.807) is 0 Å². The number of benzene rings is 1. The summed E-state index contributed by atoms with van der Waals surface area (Å²) in [4.78, 5) is 10.3. The van der Waals surface area contributed by atoms with Gasteiger partial charge in [-0.05, 0) is 30.9 Å². The third-order valence-corrected chi connectivity index (χ3v) is 2.19. The summed E-state index contributed by atoms with van der Waals surface area (Å²) in [6, 6.07) is 9.59. The van der Waals surface area contributed by atoms with Gasteiger partial charge in [0.25, 0.3) is 0 Å². The molecule has 0 amide bonds. The molecule has 0 aliphatic heterocycles. The maximum atomic E-state index is 12.9. The summed E-state index contributed by atoms with van der Waals surface area (Å²) >= 11 is 0. The monoisotopic (exact) mass is 208 g/mol. The summed E-state index contributed by atoms with van der Waals surface area (Å²) in [5.74, 6) is -2.52. The Morgan fingerprint density at radius 1 is 1.33 bits per heavy atom. The van der Waals surface area contributed by atoms with Crippen molar-refractivity contribution in [1.82, 2.24) is 0 Å². The van der Waals surface area contributed by atoms with Crippen molar-refractivity contribution in [2.24, 2.45) is 0 Å². The van der Waals surface area contributed by atoms with E-state index in [4.69, 9.17) is 5.11 Å². The smallest absolute Gasteiger partial charge is 0.364 e. The van der Waals surface area contributed by atoms with Crippen LogP contribution >= 0.6 is 0 Å². The standard InChI is InChI=1S/C12H13FO2/c1-9(11(13)12(14)15)7-8-10-5-3-2-4-6-10/h2-6H,7-8H2,1H3,(H,14,15). The molecule has 80 valence electrons. The Hall–Kier alpha value is -1.64. The molecule has 0 saturated heterocycles. The molecular weight excluding hydrogens is 195 g/mol. The number of allylic oxidation sites excluding steroid dienone is 1. The summed E-state index contributed by atoms with van der Waals surface area (Å²) < 4.78 is 12.9. The highest BCUT2D eigenvalue weighted by atomic mass is 19.1. The van der Waals surface area contributed by atoms with Crippen molar-refractivity contribution in [1.29, 1.82) is 0 Å². The molecule has 0 bridgehead atoms. The number of halogens is 1. The Balaban J connectivity index is 2.58. The van der Waals surface area contributed by atoms with Crippen LogP contribution in [0.4, 0.5) is 4.39 Å². The van der Waals surface area contributed by atoms with Crippen LogP contribution in [0.3, 0.4) is 0 Å². The molecule has 2 nitrogen and oxygen atoms in total. The Labute approximate surface area is 88.1 Å². The number of hydrogen-bond acceptors (Lipinski definition) is 1. The maximum absolute atomic E-state index is 12.9. The molecule has 0 saturated carbocycles. The molecule has 0 radical (unpaired) electrons. The lowest BCUT2D eigenvalue weighted by molar-refractivity contribution is -0.134. The minimum absolute atomic E-state index is 0.284. The second kappa shape index (κ2) is 5.29. The molecule has 1 rings (SSSR count). The first-order chi connectivity index (χ1) is 7.11. The Morgan fingerprint density at radius 3 is 2.47 bits per heavy atom. The normalized spacial score (nSPS) is 12.1. The number of carboxylic acid groups (broad SMARTS) is 1. The maximum Gasteiger partial charge on any atom is 0.364 e. The van der Waals surface area contributed by atoms with Crippen LogP contribution in [0.15, 0.2) is 41.7 Å². The predicted molar refractivity (Wildman–Crippen MR) is 56.2 cm³/mol. The van der Waals surface area contributed by atoms with E-state index in [9.17, 15) is 9.18 Å². The SMILES string of the molecule is CC(CCc1ccccc1)=C(F)C(=O)O. The molecule has 1 aromatic carbocycles. The van der Waals surface area contributed by atoms with Crippen LogP contribution in [0.25, 0.3) is 0 Å². The number of aryl methyl sites for hydroxylation is 1. The van der Waals surface area contributed by atoms with Gasteiger partial charge in [-0.3, -0.25) is 0 Å². The number of rotatable bonds is 4. The summed E-state index contributed by atoms with van der Waals surface area (Å²) in [5.41, 5.74) is 1.36. The third kappa shape index (κ3) is 3.54. The topological polar surface area (TPSA) is 37.3 Å². The zero-order chi connectivity index (χ0) is 11.3. The van der Waals surface area contributed by atoms with Gasteiger partial charge >= 0.3 is 5.97 Å². The van der Waals surface area contributed by atoms with E-state index in [0.717, 1.165) is 5.56 Å². The first-order valence-electron chi connectivity index (χ1n) is 4.73. The van der Waals surface area contributed by atoms with Gasteiger partial charge in [-0.25, -0.2) is 4.79 Å². The van der Waals surface area contributed by atoms with Crippen molar-refractivity contribution < 1.29 is 14.3 Å². The van der Waals surface area contributed by atoms with Crippen LogP contribution < -0.4 is 0 Å². The van der Waals surface area contributed by atoms with Gasteiger partial charge in [0.2, 0.25) is 5.83 Å². The van der Waals surface area contributed by atoms with Crippen LogP contribution in [0.1, 0.15) is 18.9 Å². The van der Waals surface area contributed by atoms with E-state index in [1.165, 1.54) is 6.92 Å². The molecule has 0 aromatic heterocycles. The summed E-state index contributed by atoms with van der Waals surface area (Å²) in [7, 11) is 0. The fourth-order valence-electron chi connectivity index (χ4n) is 1.27.